The summed E-state index contributed by atoms with van der Waals surface area (Å²) in [6, 6.07) is 0.0795. The van der Waals surface area contributed by atoms with E-state index in [1.54, 1.807) is 6.20 Å². The number of ether oxygens (including phenoxy) is 1. The van der Waals surface area contributed by atoms with Crippen molar-refractivity contribution >= 4 is 5.91 Å². The zero-order chi connectivity index (χ0) is 15.4. The molecule has 6 nitrogen and oxygen atoms in total. The number of hydrogen-bond acceptors (Lipinski definition) is 4. The van der Waals surface area contributed by atoms with E-state index in [1.165, 1.54) is 12.8 Å². The summed E-state index contributed by atoms with van der Waals surface area (Å²) in [5.74, 6) is 1.68. The normalized spacial score (nSPS) is 20.8. The van der Waals surface area contributed by atoms with Gasteiger partial charge < -0.3 is 14.6 Å². The second-order valence-electron chi connectivity index (χ2n) is 6.34. The van der Waals surface area contributed by atoms with E-state index in [0.29, 0.717) is 12.3 Å². The van der Waals surface area contributed by atoms with Crippen LogP contribution < -0.4 is 5.32 Å². The van der Waals surface area contributed by atoms with Gasteiger partial charge in [-0.2, -0.15) is 0 Å². The van der Waals surface area contributed by atoms with E-state index in [4.69, 9.17) is 4.74 Å². The van der Waals surface area contributed by atoms with Crippen molar-refractivity contribution in [2.75, 3.05) is 32.8 Å². The van der Waals surface area contributed by atoms with Gasteiger partial charge in [0.05, 0.1) is 19.3 Å². The first-order valence-electron chi connectivity index (χ1n) is 8.31. The summed E-state index contributed by atoms with van der Waals surface area (Å²) in [7, 11) is 1.99. The third-order valence-electron chi connectivity index (χ3n) is 4.53. The zero-order valence-electron chi connectivity index (χ0n) is 13.3. The largest absolute Gasteiger partial charge is 0.379 e. The van der Waals surface area contributed by atoms with Gasteiger partial charge in [0.2, 0.25) is 5.91 Å². The molecule has 1 saturated heterocycles. The van der Waals surface area contributed by atoms with Crippen LogP contribution in [0.2, 0.25) is 0 Å². The van der Waals surface area contributed by atoms with Crippen LogP contribution in [0.15, 0.2) is 12.4 Å². The lowest BCUT2D eigenvalue weighted by Gasteiger charge is -2.26. The van der Waals surface area contributed by atoms with Crippen LogP contribution in [0.25, 0.3) is 0 Å². The molecular weight excluding hydrogens is 280 g/mol. The smallest absolute Gasteiger partial charge is 0.220 e. The van der Waals surface area contributed by atoms with Crippen LogP contribution in [-0.4, -0.2) is 53.2 Å². The Morgan fingerprint density at radius 2 is 2.23 bits per heavy atom. The molecule has 2 fully saturated rings. The molecule has 0 bridgehead atoms. The topological polar surface area (TPSA) is 59.4 Å². The number of nitrogens with zero attached hydrogens (tertiary/aromatic N) is 3. The van der Waals surface area contributed by atoms with Crippen LogP contribution in [-0.2, 0) is 16.6 Å². The van der Waals surface area contributed by atoms with E-state index < -0.39 is 0 Å². The number of imidazole rings is 1. The minimum absolute atomic E-state index is 0.0795. The Morgan fingerprint density at radius 1 is 1.45 bits per heavy atom. The summed E-state index contributed by atoms with van der Waals surface area (Å²) in [5, 5.41) is 3.19. The highest BCUT2D eigenvalue weighted by Gasteiger charge is 2.35. The van der Waals surface area contributed by atoms with Crippen molar-refractivity contribution in [2.24, 2.45) is 13.0 Å². The Balaban J connectivity index is 1.44. The van der Waals surface area contributed by atoms with Crippen molar-refractivity contribution < 1.29 is 9.53 Å². The summed E-state index contributed by atoms with van der Waals surface area (Å²) in [4.78, 5) is 19.0. The lowest BCUT2D eigenvalue weighted by atomic mass is 10.1. The van der Waals surface area contributed by atoms with Crippen molar-refractivity contribution in [3.63, 3.8) is 0 Å². The molecule has 2 aliphatic rings. The van der Waals surface area contributed by atoms with E-state index in [0.717, 1.165) is 45.1 Å². The van der Waals surface area contributed by atoms with Crippen molar-refractivity contribution in [1.29, 1.82) is 0 Å². The summed E-state index contributed by atoms with van der Waals surface area (Å²) in [5.41, 5.74) is 0. The fraction of sp³-hybridized carbons (Fsp3) is 0.750. The Bertz CT molecular complexity index is 492. The molecule has 0 spiro atoms. The van der Waals surface area contributed by atoms with Crippen LogP contribution in [0.3, 0.4) is 0 Å². The van der Waals surface area contributed by atoms with E-state index in [1.807, 2.05) is 17.8 Å². The van der Waals surface area contributed by atoms with Gasteiger partial charge in [-0.3, -0.25) is 9.69 Å². The molecule has 1 aromatic rings. The fourth-order valence-electron chi connectivity index (χ4n) is 3.03. The molecule has 3 rings (SSSR count). The Hall–Kier alpha value is -1.40. The number of nitrogens with one attached hydrogen (secondary N) is 1. The first-order chi connectivity index (χ1) is 10.7. The number of rotatable bonds is 7. The molecule has 1 amide bonds. The summed E-state index contributed by atoms with van der Waals surface area (Å²) < 4.78 is 7.35. The minimum atomic E-state index is 0.0795. The van der Waals surface area contributed by atoms with Gasteiger partial charge in [0, 0.05) is 39.0 Å². The molecule has 0 aromatic carbocycles. The number of amides is 1. The van der Waals surface area contributed by atoms with Crippen LogP contribution in [0.4, 0.5) is 0 Å². The lowest BCUT2D eigenvalue weighted by Crippen LogP contribution is -2.37. The third kappa shape index (κ3) is 4.08. The molecule has 1 atom stereocenters. The molecule has 6 heteroatoms. The minimum Gasteiger partial charge on any atom is -0.379 e. The number of hydrogen-bond donors (Lipinski definition) is 1. The predicted molar refractivity (Wildman–Crippen MR) is 83.3 cm³/mol. The molecule has 2 heterocycles. The van der Waals surface area contributed by atoms with Crippen molar-refractivity contribution in [3.05, 3.63) is 18.2 Å². The van der Waals surface area contributed by atoms with Crippen LogP contribution in [0.5, 0.6) is 0 Å². The van der Waals surface area contributed by atoms with Crippen molar-refractivity contribution in [3.8, 4) is 0 Å². The molecule has 1 aromatic heterocycles. The van der Waals surface area contributed by atoms with Crippen LogP contribution in [0, 0.1) is 5.92 Å². The molecule has 22 heavy (non-hydrogen) atoms. The molecule has 1 saturated carbocycles. The molecule has 1 N–H and O–H groups in total. The quantitative estimate of drug-likeness (QED) is 0.819. The third-order valence-corrected chi connectivity index (χ3v) is 4.53. The zero-order valence-corrected chi connectivity index (χ0v) is 13.3. The van der Waals surface area contributed by atoms with Gasteiger partial charge in [-0.1, -0.05) is 0 Å². The van der Waals surface area contributed by atoms with Gasteiger partial charge in [0.25, 0.3) is 0 Å². The average Bonchev–Trinajstić information content (AvgIpc) is 3.28. The van der Waals surface area contributed by atoms with Crippen molar-refractivity contribution in [1.82, 2.24) is 19.8 Å². The summed E-state index contributed by atoms with van der Waals surface area (Å²) >= 11 is 0. The number of morpholine rings is 1. The van der Waals surface area contributed by atoms with Gasteiger partial charge in [0.15, 0.2) is 0 Å². The fourth-order valence-corrected chi connectivity index (χ4v) is 3.03. The lowest BCUT2D eigenvalue weighted by molar-refractivity contribution is -0.122. The average molecular weight is 306 g/mol. The SMILES string of the molecule is Cn1ccnc1C(NC(=O)CCCN1CCOCC1)C1CC1. The van der Waals surface area contributed by atoms with E-state index in [9.17, 15) is 4.79 Å². The van der Waals surface area contributed by atoms with Gasteiger partial charge in [-0.05, 0) is 31.7 Å². The number of aryl methyl sites for hydroxylation is 1. The Kier molecular flexibility index (Phi) is 5.10. The second kappa shape index (κ2) is 7.24. The highest BCUT2D eigenvalue weighted by Crippen LogP contribution is 2.40. The molecular formula is C16H26N4O2. The molecule has 0 radical (unpaired) electrons. The van der Waals surface area contributed by atoms with Gasteiger partial charge in [0.1, 0.15) is 5.82 Å². The highest BCUT2D eigenvalue weighted by molar-refractivity contribution is 5.76. The molecule has 1 aliphatic carbocycles. The highest BCUT2D eigenvalue weighted by atomic mass is 16.5. The first-order valence-corrected chi connectivity index (χ1v) is 8.31. The number of carbonyl (C=O) groups is 1. The Labute approximate surface area is 131 Å². The van der Waals surface area contributed by atoms with E-state index in [2.05, 4.69) is 15.2 Å². The summed E-state index contributed by atoms with van der Waals surface area (Å²) in [6.45, 7) is 4.58. The number of aromatic nitrogens is 2. The molecule has 1 aliphatic heterocycles. The first kappa shape index (κ1) is 15.5. The van der Waals surface area contributed by atoms with E-state index in [-0.39, 0.29) is 11.9 Å². The van der Waals surface area contributed by atoms with Crippen LogP contribution >= 0.6 is 0 Å². The number of carbonyl (C=O) groups excluding carboxylic acids is 1. The maximum Gasteiger partial charge on any atom is 0.220 e. The maximum atomic E-state index is 12.2. The van der Waals surface area contributed by atoms with E-state index >= 15 is 0 Å². The van der Waals surface area contributed by atoms with Gasteiger partial charge in [-0.25, -0.2) is 4.98 Å². The predicted octanol–water partition coefficient (Wildman–Crippen LogP) is 1.10. The second-order valence-corrected chi connectivity index (χ2v) is 6.34. The monoisotopic (exact) mass is 306 g/mol. The molecule has 122 valence electrons. The molecule has 1 unspecified atom stereocenters. The van der Waals surface area contributed by atoms with Crippen LogP contribution in [0.1, 0.15) is 37.5 Å². The van der Waals surface area contributed by atoms with Gasteiger partial charge >= 0.3 is 0 Å². The maximum absolute atomic E-state index is 12.2. The summed E-state index contributed by atoms with van der Waals surface area (Å²) in [6.07, 6.45) is 7.61. The van der Waals surface area contributed by atoms with Crippen molar-refractivity contribution in [2.45, 2.75) is 31.7 Å². The van der Waals surface area contributed by atoms with Gasteiger partial charge in [-0.15, -0.1) is 0 Å². The Morgan fingerprint density at radius 3 is 2.86 bits per heavy atom. The standard InChI is InChI=1S/C16H26N4O2/c1-19-8-6-17-16(19)15(13-4-5-13)18-14(21)3-2-7-20-9-11-22-12-10-20/h6,8,13,15H,2-5,7,9-12H2,1H3,(H,18,21).